The third-order valence-corrected chi connectivity index (χ3v) is 6.87. The molecule has 4 aromatic rings. The van der Waals surface area contributed by atoms with Crippen molar-refractivity contribution >= 4 is 28.4 Å². The Bertz CT molecular complexity index is 1600. The number of rotatable bonds is 8. The quantitative estimate of drug-likeness (QED) is 0.363. The van der Waals surface area contributed by atoms with Gasteiger partial charge in [0.2, 0.25) is 11.3 Å². The summed E-state index contributed by atoms with van der Waals surface area (Å²) in [6, 6.07) is 12.9. The van der Waals surface area contributed by atoms with E-state index in [0.717, 1.165) is 5.56 Å². The van der Waals surface area contributed by atoms with Gasteiger partial charge in [0.05, 0.1) is 17.3 Å². The van der Waals surface area contributed by atoms with Crippen LogP contribution in [0, 0.1) is 5.82 Å². The van der Waals surface area contributed by atoms with Gasteiger partial charge in [-0.25, -0.2) is 4.39 Å². The van der Waals surface area contributed by atoms with Crippen molar-refractivity contribution in [3.05, 3.63) is 105 Å². The minimum atomic E-state index is -0.750. The molecule has 200 valence electrons. The van der Waals surface area contributed by atoms with Gasteiger partial charge in [0.25, 0.3) is 5.91 Å². The van der Waals surface area contributed by atoms with E-state index in [4.69, 9.17) is 0 Å². The van der Waals surface area contributed by atoms with E-state index in [1.54, 1.807) is 54.3 Å². The first-order valence-corrected chi connectivity index (χ1v) is 12.5. The van der Waals surface area contributed by atoms with Crippen LogP contribution in [0.4, 0.5) is 10.1 Å². The average molecular weight is 530 g/mol. The molecule has 0 spiro atoms. The fourth-order valence-electron chi connectivity index (χ4n) is 4.83. The van der Waals surface area contributed by atoms with Crippen LogP contribution in [0.2, 0.25) is 0 Å². The number of carbonyl (C=O) groups is 2. The number of amides is 2. The number of anilines is 1. The molecule has 2 aromatic heterocycles. The smallest absolute Gasteiger partial charge is 0.257 e. The number of aliphatic hydroxyl groups is 1. The third-order valence-electron chi connectivity index (χ3n) is 6.87. The summed E-state index contributed by atoms with van der Waals surface area (Å²) in [7, 11) is 3.51. The van der Waals surface area contributed by atoms with Gasteiger partial charge in [-0.05, 0) is 48.5 Å². The second-order valence-corrected chi connectivity index (χ2v) is 9.77. The van der Waals surface area contributed by atoms with Gasteiger partial charge in [0, 0.05) is 56.2 Å². The van der Waals surface area contributed by atoms with E-state index < -0.39 is 17.4 Å². The van der Waals surface area contributed by atoms with Crippen LogP contribution >= 0.6 is 0 Å². The molecule has 1 aliphatic rings. The zero-order valence-electron chi connectivity index (χ0n) is 21.6. The van der Waals surface area contributed by atoms with Gasteiger partial charge >= 0.3 is 0 Å². The average Bonchev–Trinajstić information content (AvgIpc) is 2.93. The van der Waals surface area contributed by atoms with Gasteiger partial charge in [-0.15, -0.1) is 0 Å². The Morgan fingerprint density at radius 1 is 1.18 bits per heavy atom. The Morgan fingerprint density at radius 2 is 1.95 bits per heavy atom. The molecule has 0 bridgehead atoms. The summed E-state index contributed by atoms with van der Waals surface area (Å²) in [5.41, 5.74) is 2.78. The highest BCUT2D eigenvalue weighted by molar-refractivity contribution is 6.07. The molecular formula is C29H28FN5O4. The molecule has 2 aromatic carbocycles. The lowest BCUT2D eigenvalue weighted by Gasteiger charge is -2.29. The van der Waals surface area contributed by atoms with Crippen LogP contribution in [-0.2, 0) is 24.4 Å². The van der Waals surface area contributed by atoms with Gasteiger partial charge in [-0.1, -0.05) is 18.2 Å². The maximum absolute atomic E-state index is 13.6. The van der Waals surface area contributed by atoms with Crippen molar-refractivity contribution in [3.63, 3.8) is 0 Å². The number of likely N-dealkylation sites (N-methyl/N-ethyl adjacent to an activating group) is 2. The van der Waals surface area contributed by atoms with Crippen LogP contribution in [0.15, 0.2) is 71.9 Å². The third kappa shape index (κ3) is 5.43. The summed E-state index contributed by atoms with van der Waals surface area (Å²) in [5, 5.41) is 13.6. The lowest BCUT2D eigenvalue weighted by molar-refractivity contribution is -0.119. The van der Waals surface area contributed by atoms with Crippen LogP contribution in [-0.4, -0.2) is 52.0 Å². The van der Waals surface area contributed by atoms with E-state index in [0.29, 0.717) is 40.8 Å². The second-order valence-electron chi connectivity index (χ2n) is 9.77. The van der Waals surface area contributed by atoms with E-state index in [2.05, 4.69) is 10.3 Å². The summed E-state index contributed by atoms with van der Waals surface area (Å²) < 4.78 is 14.8. The predicted octanol–water partition coefficient (Wildman–Crippen LogP) is 2.61. The molecule has 0 saturated carbocycles. The standard InChI is InChI=1S/C29H28FN5O4/c1-33(16-25(36)20-4-3-9-31-13-20)14-19-10-22-27-24(11-19)34(2)26(37)17-35(27)15-23(28(22)38)29(39)32-12-18-5-7-21(30)8-6-18/h3-11,13,15,25,36H,12,14,16-17H2,1-2H3,(H,32,39)/t25-/m1/s1. The van der Waals surface area contributed by atoms with E-state index in [1.165, 1.54) is 23.2 Å². The number of pyridine rings is 2. The second kappa shape index (κ2) is 10.8. The number of hydrogen-bond acceptors (Lipinski definition) is 6. The van der Waals surface area contributed by atoms with Crippen LogP contribution < -0.4 is 15.6 Å². The molecule has 0 radical (unpaired) electrons. The van der Waals surface area contributed by atoms with Crippen molar-refractivity contribution in [1.82, 2.24) is 19.8 Å². The number of halogens is 1. The minimum Gasteiger partial charge on any atom is -0.387 e. The highest BCUT2D eigenvalue weighted by Crippen LogP contribution is 2.31. The van der Waals surface area contributed by atoms with Gasteiger partial charge < -0.3 is 19.9 Å². The minimum absolute atomic E-state index is 0.00489. The van der Waals surface area contributed by atoms with Gasteiger partial charge in [-0.2, -0.15) is 0 Å². The molecular weight excluding hydrogens is 501 g/mol. The Balaban J connectivity index is 1.46. The molecule has 10 heteroatoms. The lowest BCUT2D eigenvalue weighted by Crippen LogP contribution is -2.37. The first kappa shape index (κ1) is 26.2. The topological polar surface area (TPSA) is 108 Å². The summed E-state index contributed by atoms with van der Waals surface area (Å²) in [6.45, 7) is 0.829. The molecule has 1 aliphatic heterocycles. The number of hydrogen-bond donors (Lipinski definition) is 2. The summed E-state index contributed by atoms with van der Waals surface area (Å²) >= 11 is 0. The fourth-order valence-corrected chi connectivity index (χ4v) is 4.83. The van der Waals surface area contributed by atoms with E-state index in [-0.39, 0.29) is 30.4 Å². The fraction of sp³-hybridized carbons (Fsp3) is 0.241. The van der Waals surface area contributed by atoms with Crippen LogP contribution in [0.5, 0.6) is 0 Å². The molecule has 0 fully saturated rings. The number of nitrogens with zero attached hydrogens (tertiary/aromatic N) is 4. The Hall–Kier alpha value is -4.41. The van der Waals surface area contributed by atoms with Gasteiger partial charge in [0.15, 0.2) is 0 Å². The summed E-state index contributed by atoms with van der Waals surface area (Å²) in [5.74, 6) is -1.14. The molecule has 9 nitrogen and oxygen atoms in total. The lowest BCUT2D eigenvalue weighted by atomic mass is 10.0. The molecule has 3 heterocycles. The number of aliphatic hydroxyl groups excluding tert-OH is 1. The van der Waals surface area contributed by atoms with Crippen molar-refractivity contribution in [2.24, 2.45) is 0 Å². The maximum atomic E-state index is 13.6. The van der Waals surface area contributed by atoms with Crippen LogP contribution in [0.3, 0.4) is 0 Å². The van der Waals surface area contributed by atoms with Crippen LogP contribution in [0.25, 0.3) is 10.9 Å². The first-order chi connectivity index (χ1) is 18.7. The molecule has 1 atom stereocenters. The molecule has 0 unspecified atom stereocenters. The van der Waals surface area contributed by atoms with Gasteiger partial charge in [-0.3, -0.25) is 24.3 Å². The van der Waals surface area contributed by atoms with Crippen molar-refractivity contribution in [1.29, 1.82) is 0 Å². The number of nitrogens with one attached hydrogen (secondary N) is 1. The Labute approximate surface area is 224 Å². The van der Waals surface area contributed by atoms with Gasteiger partial charge in [0.1, 0.15) is 17.9 Å². The van der Waals surface area contributed by atoms with Crippen molar-refractivity contribution in [2.75, 3.05) is 25.5 Å². The summed E-state index contributed by atoms with van der Waals surface area (Å²) in [4.78, 5) is 46.9. The van der Waals surface area contributed by atoms with Crippen molar-refractivity contribution in [3.8, 4) is 0 Å². The molecule has 39 heavy (non-hydrogen) atoms. The Kier molecular flexibility index (Phi) is 7.23. The SMILES string of the molecule is CN(Cc1cc2c3c(c1)c(=O)c(C(=O)NCc1ccc(F)cc1)cn3CC(=O)N2C)C[C@@H](O)c1cccnc1. The largest absolute Gasteiger partial charge is 0.387 e. The van der Waals surface area contributed by atoms with E-state index in [9.17, 15) is 23.9 Å². The van der Waals surface area contributed by atoms with Crippen molar-refractivity contribution < 1.29 is 19.1 Å². The molecule has 0 saturated heterocycles. The Morgan fingerprint density at radius 3 is 2.67 bits per heavy atom. The normalized spacial score (nSPS) is 13.7. The highest BCUT2D eigenvalue weighted by atomic mass is 19.1. The predicted molar refractivity (Wildman–Crippen MR) is 145 cm³/mol. The molecule has 2 N–H and O–H groups in total. The van der Waals surface area contributed by atoms with Crippen LogP contribution in [0.1, 0.15) is 33.2 Å². The van der Waals surface area contributed by atoms with E-state index in [1.807, 2.05) is 18.0 Å². The van der Waals surface area contributed by atoms with E-state index >= 15 is 0 Å². The molecule has 5 rings (SSSR count). The zero-order chi connectivity index (χ0) is 27.7. The number of aromatic nitrogens is 2. The highest BCUT2D eigenvalue weighted by Gasteiger charge is 2.27. The molecule has 0 aliphatic carbocycles. The first-order valence-electron chi connectivity index (χ1n) is 12.5. The maximum Gasteiger partial charge on any atom is 0.257 e. The van der Waals surface area contributed by atoms with Crippen molar-refractivity contribution in [2.45, 2.75) is 25.7 Å². The number of carbonyl (C=O) groups excluding carboxylic acids is 2. The monoisotopic (exact) mass is 529 g/mol. The number of benzene rings is 2. The summed E-state index contributed by atoms with van der Waals surface area (Å²) in [6.07, 6.45) is 3.93. The molecule has 2 amide bonds. The zero-order valence-corrected chi connectivity index (χ0v) is 21.6.